The number of ether oxygens (including phenoxy) is 3. The van der Waals surface area contributed by atoms with E-state index in [1.54, 1.807) is 18.2 Å². The zero-order valence-electron chi connectivity index (χ0n) is 17.3. The molecule has 0 atom stereocenters. The second-order valence-electron chi connectivity index (χ2n) is 6.57. The molecule has 0 radical (unpaired) electrons. The number of amides is 1. The zero-order valence-corrected chi connectivity index (χ0v) is 17.3. The number of rotatable bonds is 10. The molecule has 0 aliphatic heterocycles. The maximum absolute atomic E-state index is 11.8. The first kappa shape index (κ1) is 21.2. The average Bonchev–Trinajstić information content (AvgIpc) is 3.25. The van der Waals surface area contributed by atoms with Gasteiger partial charge in [-0.3, -0.25) is 4.79 Å². The van der Waals surface area contributed by atoms with Gasteiger partial charge in [0, 0.05) is 11.1 Å². The van der Waals surface area contributed by atoms with Crippen LogP contribution in [0, 0.1) is 0 Å². The van der Waals surface area contributed by atoms with Crippen LogP contribution in [-0.2, 0) is 0 Å². The van der Waals surface area contributed by atoms with Gasteiger partial charge in [0.1, 0.15) is 17.1 Å². The molecule has 0 bridgehead atoms. The van der Waals surface area contributed by atoms with Gasteiger partial charge in [0.2, 0.25) is 0 Å². The lowest BCUT2D eigenvalue weighted by Gasteiger charge is -2.14. The molecule has 3 rings (SSSR count). The summed E-state index contributed by atoms with van der Waals surface area (Å²) in [6.45, 7) is 5.23. The first-order valence-corrected chi connectivity index (χ1v) is 9.80. The molecule has 0 saturated carbocycles. The minimum atomic E-state index is -0.598. The quantitative estimate of drug-likeness (QED) is 0.535. The Bertz CT molecular complexity index is 1020. The van der Waals surface area contributed by atoms with E-state index in [1.165, 1.54) is 7.11 Å². The molecule has 0 aliphatic rings. The molecule has 30 heavy (non-hydrogen) atoms. The maximum Gasteiger partial charge on any atom is 0.252 e. The number of hydrogen-bond acceptors (Lipinski definition) is 7. The number of nitrogens with zero attached hydrogens (tertiary/aromatic N) is 2. The predicted octanol–water partition coefficient (Wildman–Crippen LogP) is 4.09. The first-order valence-electron chi connectivity index (χ1n) is 9.80. The minimum Gasteiger partial charge on any atom is -0.495 e. The number of methoxy groups -OCH3 is 1. The fraction of sp³-hybridized carbons (Fsp3) is 0.318. The fourth-order valence-corrected chi connectivity index (χ4v) is 3.00. The number of aromatic nitrogens is 2. The fourth-order valence-electron chi connectivity index (χ4n) is 3.00. The summed E-state index contributed by atoms with van der Waals surface area (Å²) in [5.74, 6) is 1.00. The SMILES string of the molecule is CCCOc1ccc(-c2nonc2-c2cccc(C(N)=O)c2OC)cc1OCCC. The van der Waals surface area contributed by atoms with E-state index in [9.17, 15) is 4.79 Å². The molecule has 0 aliphatic carbocycles. The molecule has 0 spiro atoms. The Hall–Kier alpha value is -3.55. The second kappa shape index (κ2) is 9.78. The average molecular weight is 411 g/mol. The van der Waals surface area contributed by atoms with E-state index in [2.05, 4.69) is 10.3 Å². The molecule has 8 heteroatoms. The van der Waals surface area contributed by atoms with E-state index in [-0.39, 0.29) is 5.56 Å². The van der Waals surface area contributed by atoms with Gasteiger partial charge in [0.05, 0.1) is 25.9 Å². The van der Waals surface area contributed by atoms with Crippen molar-refractivity contribution in [2.45, 2.75) is 26.7 Å². The summed E-state index contributed by atoms with van der Waals surface area (Å²) < 4.78 is 22.1. The van der Waals surface area contributed by atoms with Gasteiger partial charge in [-0.25, -0.2) is 4.63 Å². The van der Waals surface area contributed by atoms with E-state index in [0.717, 1.165) is 18.4 Å². The number of benzene rings is 2. The van der Waals surface area contributed by atoms with E-state index in [0.29, 0.717) is 47.4 Å². The van der Waals surface area contributed by atoms with Crippen LogP contribution in [0.15, 0.2) is 41.0 Å². The van der Waals surface area contributed by atoms with Gasteiger partial charge < -0.3 is 19.9 Å². The highest BCUT2D eigenvalue weighted by Gasteiger charge is 2.22. The number of carbonyl (C=O) groups is 1. The molecule has 1 heterocycles. The third-order valence-corrected chi connectivity index (χ3v) is 4.37. The van der Waals surface area contributed by atoms with E-state index in [1.807, 2.05) is 32.0 Å². The standard InChI is InChI=1S/C22H25N3O5/c1-4-11-28-17-10-9-14(13-18(17)29-12-5-2)19-20(25-30-24-19)15-7-6-8-16(22(23)26)21(15)27-3/h6-10,13H,4-5,11-12H2,1-3H3,(H2,23,26). The van der Waals surface area contributed by atoms with Gasteiger partial charge in [0.25, 0.3) is 5.91 Å². The first-order chi connectivity index (χ1) is 14.6. The Kier molecular flexibility index (Phi) is 6.90. The number of para-hydroxylation sites is 1. The highest BCUT2D eigenvalue weighted by molar-refractivity contribution is 5.98. The number of nitrogens with two attached hydrogens (primary N) is 1. The summed E-state index contributed by atoms with van der Waals surface area (Å²) in [6, 6.07) is 10.6. The van der Waals surface area contributed by atoms with E-state index >= 15 is 0 Å². The third-order valence-electron chi connectivity index (χ3n) is 4.37. The molecule has 0 unspecified atom stereocenters. The van der Waals surface area contributed by atoms with E-state index in [4.69, 9.17) is 24.6 Å². The van der Waals surface area contributed by atoms with E-state index < -0.39 is 5.91 Å². The highest BCUT2D eigenvalue weighted by Crippen LogP contribution is 2.39. The summed E-state index contributed by atoms with van der Waals surface area (Å²) in [7, 11) is 1.47. The molecule has 8 nitrogen and oxygen atoms in total. The summed E-state index contributed by atoms with van der Waals surface area (Å²) in [5.41, 5.74) is 7.92. The van der Waals surface area contributed by atoms with Gasteiger partial charge in [-0.2, -0.15) is 0 Å². The zero-order chi connectivity index (χ0) is 21.5. The molecule has 158 valence electrons. The van der Waals surface area contributed by atoms with Crippen molar-refractivity contribution in [3.63, 3.8) is 0 Å². The summed E-state index contributed by atoms with van der Waals surface area (Å²) in [6.07, 6.45) is 1.76. The molecule has 1 amide bonds. The van der Waals surface area contributed by atoms with Crippen LogP contribution < -0.4 is 19.9 Å². The molecular formula is C22H25N3O5. The van der Waals surface area contributed by atoms with Crippen LogP contribution >= 0.6 is 0 Å². The summed E-state index contributed by atoms with van der Waals surface area (Å²) >= 11 is 0. The molecule has 2 aromatic carbocycles. The van der Waals surface area contributed by atoms with Crippen LogP contribution in [0.3, 0.4) is 0 Å². The van der Waals surface area contributed by atoms with Crippen molar-refractivity contribution in [1.29, 1.82) is 0 Å². The van der Waals surface area contributed by atoms with Crippen molar-refractivity contribution in [3.8, 4) is 39.8 Å². The maximum atomic E-state index is 11.8. The van der Waals surface area contributed by atoms with Crippen molar-refractivity contribution in [3.05, 3.63) is 42.0 Å². The van der Waals surface area contributed by atoms with Crippen molar-refractivity contribution < 1.29 is 23.6 Å². The predicted molar refractivity (Wildman–Crippen MR) is 112 cm³/mol. The minimum absolute atomic E-state index is 0.249. The van der Waals surface area contributed by atoms with Gasteiger partial charge in [-0.1, -0.05) is 19.9 Å². The Labute approximate surface area is 174 Å². The van der Waals surface area contributed by atoms with Crippen molar-refractivity contribution >= 4 is 5.91 Å². The normalized spacial score (nSPS) is 10.6. The van der Waals surface area contributed by atoms with Crippen LogP contribution in [0.5, 0.6) is 17.2 Å². The molecule has 0 saturated heterocycles. The van der Waals surface area contributed by atoms with Crippen molar-refractivity contribution in [1.82, 2.24) is 10.3 Å². The highest BCUT2D eigenvalue weighted by atomic mass is 16.6. The second-order valence-corrected chi connectivity index (χ2v) is 6.57. The topological polar surface area (TPSA) is 110 Å². The Morgan fingerprint density at radius 1 is 1.00 bits per heavy atom. The number of primary amides is 1. The Balaban J connectivity index is 2.07. The molecule has 1 aromatic heterocycles. The van der Waals surface area contributed by atoms with Gasteiger partial charge in [-0.05, 0) is 53.5 Å². The van der Waals surface area contributed by atoms with Gasteiger partial charge >= 0.3 is 0 Å². The summed E-state index contributed by atoms with van der Waals surface area (Å²) in [5, 5.41) is 8.12. The van der Waals surface area contributed by atoms with Crippen LogP contribution in [-0.4, -0.2) is 36.5 Å². The van der Waals surface area contributed by atoms with Crippen LogP contribution in [0.2, 0.25) is 0 Å². The number of hydrogen-bond donors (Lipinski definition) is 1. The molecule has 3 aromatic rings. The lowest BCUT2D eigenvalue weighted by Crippen LogP contribution is -2.12. The largest absolute Gasteiger partial charge is 0.495 e. The summed E-state index contributed by atoms with van der Waals surface area (Å²) in [4.78, 5) is 11.8. The lowest BCUT2D eigenvalue weighted by molar-refractivity contribution is 0.0997. The van der Waals surface area contributed by atoms with Crippen molar-refractivity contribution in [2.24, 2.45) is 5.73 Å². The lowest BCUT2D eigenvalue weighted by atomic mass is 10.0. The third kappa shape index (κ3) is 4.37. The number of carbonyl (C=O) groups excluding carboxylic acids is 1. The van der Waals surface area contributed by atoms with Crippen LogP contribution in [0.1, 0.15) is 37.0 Å². The van der Waals surface area contributed by atoms with Gasteiger partial charge in [0.15, 0.2) is 11.5 Å². The van der Waals surface area contributed by atoms with Crippen molar-refractivity contribution in [2.75, 3.05) is 20.3 Å². The van der Waals surface area contributed by atoms with Crippen LogP contribution in [0.25, 0.3) is 22.5 Å². The monoisotopic (exact) mass is 411 g/mol. The van der Waals surface area contributed by atoms with Gasteiger partial charge in [-0.15, -0.1) is 0 Å². The smallest absolute Gasteiger partial charge is 0.252 e. The molecular weight excluding hydrogens is 386 g/mol. The Morgan fingerprint density at radius 3 is 2.37 bits per heavy atom. The Morgan fingerprint density at radius 2 is 1.70 bits per heavy atom. The molecule has 0 fully saturated rings. The molecule has 2 N–H and O–H groups in total. The van der Waals surface area contributed by atoms with Crippen LogP contribution in [0.4, 0.5) is 0 Å².